The number of nitrogens with one attached hydrogen (secondary N) is 1. The molecule has 0 spiro atoms. The van der Waals surface area contributed by atoms with E-state index in [-0.39, 0.29) is 48.5 Å². The Labute approximate surface area is 173 Å². The summed E-state index contributed by atoms with van der Waals surface area (Å²) in [6.07, 6.45) is 3.04. The number of rotatable bonds is 6. The minimum atomic E-state index is -0.245. The van der Waals surface area contributed by atoms with Gasteiger partial charge in [0.25, 0.3) is 0 Å². The SMILES string of the molecule is Cl.Cl.NC[C@H]1CCC[C@H]1C(=O)NCC(c1ccc(F)cc1)N1CCOCC1. The van der Waals surface area contributed by atoms with Gasteiger partial charge in [-0.25, -0.2) is 4.39 Å². The number of nitrogens with zero attached hydrogens (tertiary/aromatic N) is 1. The number of halogens is 3. The third-order valence-corrected chi connectivity index (χ3v) is 5.51. The molecule has 1 heterocycles. The third-order valence-electron chi connectivity index (χ3n) is 5.51. The molecular formula is C19H30Cl2FN3O2. The second-order valence-electron chi connectivity index (χ2n) is 6.99. The zero-order valence-corrected chi connectivity index (χ0v) is 17.1. The van der Waals surface area contributed by atoms with Gasteiger partial charge in [-0.15, -0.1) is 24.8 Å². The van der Waals surface area contributed by atoms with Gasteiger partial charge in [-0.1, -0.05) is 18.6 Å². The highest BCUT2D eigenvalue weighted by atomic mass is 35.5. The number of carbonyl (C=O) groups is 1. The molecule has 3 N–H and O–H groups in total. The maximum Gasteiger partial charge on any atom is 0.223 e. The fourth-order valence-electron chi connectivity index (χ4n) is 4.02. The summed E-state index contributed by atoms with van der Waals surface area (Å²) in [5.41, 5.74) is 6.82. The van der Waals surface area contributed by atoms with Crippen LogP contribution in [-0.2, 0) is 9.53 Å². The van der Waals surface area contributed by atoms with Crippen LogP contribution < -0.4 is 11.1 Å². The van der Waals surface area contributed by atoms with Crippen LogP contribution in [0.3, 0.4) is 0 Å². The van der Waals surface area contributed by atoms with Gasteiger partial charge in [-0.2, -0.15) is 0 Å². The molecule has 8 heteroatoms. The van der Waals surface area contributed by atoms with Crippen LogP contribution in [0, 0.1) is 17.7 Å². The standard InChI is InChI=1S/C19H28FN3O2.2ClH/c20-16-6-4-14(5-7-16)18(23-8-10-25-11-9-23)13-22-19(24)17-3-1-2-15(17)12-21;;/h4-7,15,17-18H,1-3,8-13,21H2,(H,22,24);2*1H/t15-,17-,18?;;/m1../s1. The first-order valence-electron chi connectivity index (χ1n) is 9.24. The number of benzene rings is 1. The molecule has 154 valence electrons. The Balaban J connectivity index is 0.00000182. The third kappa shape index (κ3) is 6.29. The summed E-state index contributed by atoms with van der Waals surface area (Å²) in [7, 11) is 0. The van der Waals surface area contributed by atoms with Crippen LogP contribution in [0.15, 0.2) is 24.3 Å². The number of morpholine rings is 1. The van der Waals surface area contributed by atoms with Crippen LogP contribution in [0.25, 0.3) is 0 Å². The van der Waals surface area contributed by atoms with Crippen LogP contribution in [0.5, 0.6) is 0 Å². The molecule has 1 amide bonds. The number of ether oxygens (including phenoxy) is 1. The lowest BCUT2D eigenvalue weighted by atomic mass is 9.95. The largest absolute Gasteiger partial charge is 0.379 e. The lowest BCUT2D eigenvalue weighted by molar-refractivity contribution is -0.126. The predicted octanol–water partition coefficient (Wildman–Crippen LogP) is 2.53. The highest BCUT2D eigenvalue weighted by molar-refractivity contribution is 5.85. The summed E-state index contributed by atoms with van der Waals surface area (Å²) in [6.45, 7) is 4.09. The Bertz CT molecular complexity index is 571. The smallest absolute Gasteiger partial charge is 0.223 e. The van der Waals surface area contributed by atoms with Gasteiger partial charge in [0.15, 0.2) is 0 Å². The van der Waals surface area contributed by atoms with E-state index in [1.807, 2.05) is 0 Å². The summed E-state index contributed by atoms with van der Waals surface area (Å²) in [6, 6.07) is 6.60. The first-order chi connectivity index (χ1) is 12.2. The Morgan fingerprint density at radius 1 is 1.22 bits per heavy atom. The van der Waals surface area contributed by atoms with Crippen molar-refractivity contribution in [3.05, 3.63) is 35.6 Å². The lowest BCUT2D eigenvalue weighted by Gasteiger charge is -2.35. The summed E-state index contributed by atoms with van der Waals surface area (Å²) in [5, 5.41) is 3.13. The van der Waals surface area contributed by atoms with Gasteiger partial charge in [0.1, 0.15) is 5.82 Å². The van der Waals surface area contributed by atoms with Crippen LogP contribution in [0.2, 0.25) is 0 Å². The van der Waals surface area contributed by atoms with Crippen LogP contribution in [0.4, 0.5) is 4.39 Å². The van der Waals surface area contributed by atoms with Crippen molar-refractivity contribution < 1.29 is 13.9 Å². The van der Waals surface area contributed by atoms with E-state index in [1.165, 1.54) is 12.1 Å². The van der Waals surface area contributed by atoms with Gasteiger partial charge in [-0.05, 0) is 43.0 Å². The van der Waals surface area contributed by atoms with Crippen molar-refractivity contribution >= 4 is 30.7 Å². The Hall–Kier alpha value is -0.920. The summed E-state index contributed by atoms with van der Waals surface area (Å²) < 4.78 is 18.7. The molecule has 0 radical (unpaired) electrons. The number of nitrogens with two attached hydrogens (primary N) is 1. The quantitative estimate of drug-likeness (QED) is 0.740. The van der Waals surface area contributed by atoms with Crippen molar-refractivity contribution in [3.8, 4) is 0 Å². The molecule has 0 aromatic heterocycles. The molecule has 1 aromatic rings. The fourth-order valence-corrected chi connectivity index (χ4v) is 4.02. The molecule has 1 aliphatic heterocycles. The van der Waals surface area contributed by atoms with Crippen LogP contribution in [-0.4, -0.2) is 50.2 Å². The van der Waals surface area contributed by atoms with Gasteiger partial charge in [0.05, 0.1) is 19.3 Å². The lowest BCUT2D eigenvalue weighted by Crippen LogP contribution is -2.45. The van der Waals surface area contributed by atoms with E-state index < -0.39 is 0 Å². The highest BCUT2D eigenvalue weighted by Crippen LogP contribution is 2.31. The van der Waals surface area contributed by atoms with Gasteiger partial charge < -0.3 is 15.8 Å². The minimum absolute atomic E-state index is 0. The summed E-state index contributed by atoms with van der Waals surface area (Å²) in [4.78, 5) is 14.9. The number of hydrogen-bond acceptors (Lipinski definition) is 4. The van der Waals surface area contributed by atoms with Gasteiger partial charge in [-0.3, -0.25) is 9.69 Å². The molecule has 1 aliphatic carbocycles. The van der Waals surface area contributed by atoms with Gasteiger partial charge in [0.2, 0.25) is 5.91 Å². The molecule has 1 unspecified atom stereocenters. The first kappa shape index (κ1) is 24.1. The average Bonchev–Trinajstić information content (AvgIpc) is 3.13. The molecule has 27 heavy (non-hydrogen) atoms. The minimum Gasteiger partial charge on any atom is -0.379 e. The molecular weight excluding hydrogens is 392 g/mol. The second kappa shape index (κ2) is 11.8. The Morgan fingerprint density at radius 3 is 2.52 bits per heavy atom. The molecule has 5 nitrogen and oxygen atoms in total. The number of amides is 1. The van der Waals surface area contributed by atoms with E-state index in [4.69, 9.17) is 10.5 Å². The van der Waals surface area contributed by atoms with Crippen LogP contribution >= 0.6 is 24.8 Å². The average molecular weight is 422 g/mol. The number of hydrogen-bond donors (Lipinski definition) is 2. The zero-order valence-electron chi connectivity index (χ0n) is 15.4. The van der Waals surface area contributed by atoms with E-state index >= 15 is 0 Å². The van der Waals surface area contributed by atoms with Crippen molar-refractivity contribution in [2.45, 2.75) is 25.3 Å². The van der Waals surface area contributed by atoms with E-state index in [2.05, 4.69) is 10.2 Å². The summed E-state index contributed by atoms with van der Waals surface area (Å²) in [5.74, 6) is 0.190. The molecule has 0 bridgehead atoms. The second-order valence-corrected chi connectivity index (χ2v) is 6.99. The molecule has 3 atom stereocenters. The maximum absolute atomic E-state index is 13.3. The van der Waals surface area contributed by atoms with E-state index in [9.17, 15) is 9.18 Å². The molecule has 1 aromatic carbocycles. The van der Waals surface area contributed by atoms with Gasteiger partial charge in [0, 0.05) is 25.6 Å². The highest BCUT2D eigenvalue weighted by Gasteiger charge is 2.32. The zero-order chi connectivity index (χ0) is 17.6. The van der Waals surface area contributed by atoms with Gasteiger partial charge >= 0.3 is 0 Å². The molecule has 1 saturated heterocycles. The van der Waals surface area contributed by atoms with Crippen molar-refractivity contribution in [2.24, 2.45) is 17.6 Å². The Morgan fingerprint density at radius 2 is 1.89 bits per heavy atom. The molecule has 2 fully saturated rings. The van der Waals surface area contributed by atoms with E-state index in [1.54, 1.807) is 12.1 Å². The monoisotopic (exact) mass is 421 g/mol. The predicted molar refractivity (Wildman–Crippen MR) is 109 cm³/mol. The topological polar surface area (TPSA) is 67.6 Å². The van der Waals surface area contributed by atoms with E-state index in [0.29, 0.717) is 32.2 Å². The van der Waals surface area contributed by atoms with Crippen molar-refractivity contribution in [3.63, 3.8) is 0 Å². The first-order valence-corrected chi connectivity index (χ1v) is 9.24. The van der Waals surface area contributed by atoms with Crippen LogP contribution in [0.1, 0.15) is 30.9 Å². The van der Waals surface area contributed by atoms with Crippen molar-refractivity contribution in [2.75, 3.05) is 39.4 Å². The Kier molecular flexibility index (Phi) is 10.6. The maximum atomic E-state index is 13.3. The number of carbonyl (C=O) groups excluding carboxylic acids is 1. The molecule has 2 aliphatic rings. The molecule has 1 saturated carbocycles. The van der Waals surface area contributed by atoms with E-state index in [0.717, 1.165) is 37.9 Å². The molecule has 3 rings (SSSR count). The summed E-state index contributed by atoms with van der Waals surface area (Å²) >= 11 is 0. The van der Waals surface area contributed by atoms with Crippen molar-refractivity contribution in [1.82, 2.24) is 10.2 Å². The van der Waals surface area contributed by atoms with Crippen molar-refractivity contribution in [1.29, 1.82) is 0 Å². The normalized spacial score (nSPS) is 23.8. The fraction of sp³-hybridized carbons (Fsp3) is 0.632.